The monoisotopic (exact) mass is 159 g/mol. The van der Waals surface area contributed by atoms with E-state index in [9.17, 15) is 0 Å². The molecule has 0 radical (unpaired) electrons. The molecule has 0 fully saturated rings. The Hall–Kier alpha value is -0.500. The van der Waals surface area contributed by atoms with Crippen LogP contribution in [0.15, 0.2) is 12.3 Å². The quantitative estimate of drug-likeness (QED) is 0.681. The fourth-order valence-corrected chi connectivity index (χ4v) is 0.177. The molecular weight excluding hydrogens is 138 g/mol. The SMILES string of the molecule is C=C(CC)NC.COC(C)C. The third kappa shape index (κ3) is 17.7. The second-order valence-corrected chi connectivity index (χ2v) is 2.49. The lowest BCUT2D eigenvalue weighted by Gasteiger charge is -1.94. The lowest BCUT2D eigenvalue weighted by Crippen LogP contribution is -2.01. The molecule has 0 bridgehead atoms. The molecule has 0 saturated heterocycles. The molecule has 0 heterocycles. The summed E-state index contributed by atoms with van der Waals surface area (Å²) in [7, 11) is 3.58. The van der Waals surface area contributed by atoms with Crippen molar-refractivity contribution in [3.05, 3.63) is 12.3 Å². The molecule has 68 valence electrons. The van der Waals surface area contributed by atoms with Crippen LogP contribution in [0.5, 0.6) is 0 Å². The number of nitrogens with one attached hydrogen (secondary N) is 1. The van der Waals surface area contributed by atoms with Gasteiger partial charge in [0.2, 0.25) is 0 Å². The van der Waals surface area contributed by atoms with Gasteiger partial charge < -0.3 is 10.1 Å². The normalized spacial score (nSPS) is 8.55. The lowest BCUT2D eigenvalue weighted by molar-refractivity contribution is 0.134. The van der Waals surface area contributed by atoms with E-state index in [0.717, 1.165) is 12.1 Å². The van der Waals surface area contributed by atoms with Gasteiger partial charge in [-0.1, -0.05) is 13.5 Å². The van der Waals surface area contributed by atoms with Crippen LogP contribution < -0.4 is 5.32 Å². The third-order valence-electron chi connectivity index (χ3n) is 1.25. The van der Waals surface area contributed by atoms with Crippen LogP contribution in [-0.4, -0.2) is 20.3 Å². The molecule has 0 atom stereocenters. The average Bonchev–Trinajstić information content (AvgIpc) is 2.04. The molecule has 0 rings (SSSR count). The molecule has 2 heteroatoms. The maximum atomic E-state index is 4.75. The van der Waals surface area contributed by atoms with Crippen LogP contribution >= 0.6 is 0 Å². The first-order valence-corrected chi connectivity index (χ1v) is 3.96. The third-order valence-corrected chi connectivity index (χ3v) is 1.25. The van der Waals surface area contributed by atoms with Crippen LogP contribution in [0.25, 0.3) is 0 Å². The molecule has 0 aliphatic carbocycles. The van der Waals surface area contributed by atoms with E-state index in [2.05, 4.69) is 18.8 Å². The Morgan fingerprint density at radius 2 is 1.91 bits per heavy atom. The first-order valence-electron chi connectivity index (χ1n) is 3.96. The highest BCUT2D eigenvalue weighted by Crippen LogP contribution is 1.84. The van der Waals surface area contributed by atoms with Crippen molar-refractivity contribution in [3.63, 3.8) is 0 Å². The van der Waals surface area contributed by atoms with E-state index in [0.29, 0.717) is 6.10 Å². The zero-order chi connectivity index (χ0) is 9.28. The molecular formula is C9H21NO. The number of allylic oxidation sites excluding steroid dienone is 1. The summed E-state index contributed by atoms with van der Waals surface area (Å²) in [5.74, 6) is 0. The maximum absolute atomic E-state index is 4.75. The van der Waals surface area contributed by atoms with Crippen molar-refractivity contribution in [3.8, 4) is 0 Å². The van der Waals surface area contributed by atoms with Gasteiger partial charge in [0.25, 0.3) is 0 Å². The summed E-state index contributed by atoms with van der Waals surface area (Å²) in [5.41, 5.74) is 1.09. The van der Waals surface area contributed by atoms with Crippen LogP contribution in [0.3, 0.4) is 0 Å². The predicted molar refractivity (Wildman–Crippen MR) is 50.6 cm³/mol. The summed E-state index contributed by atoms with van der Waals surface area (Å²) < 4.78 is 4.75. The Morgan fingerprint density at radius 3 is 1.91 bits per heavy atom. The van der Waals surface area contributed by atoms with E-state index >= 15 is 0 Å². The summed E-state index contributed by atoms with van der Waals surface area (Å²) in [6.45, 7) is 9.75. The van der Waals surface area contributed by atoms with Crippen LogP contribution in [0, 0.1) is 0 Å². The minimum Gasteiger partial charge on any atom is -0.392 e. The van der Waals surface area contributed by atoms with E-state index in [1.54, 1.807) is 7.11 Å². The first kappa shape index (κ1) is 13.1. The van der Waals surface area contributed by atoms with E-state index in [4.69, 9.17) is 4.74 Å². The van der Waals surface area contributed by atoms with E-state index in [-0.39, 0.29) is 0 Å². The zero-order valence-corrected chi connectivity index (χ0v) is 8.40. The number of methoxy groups -OCH3 is 1. The molecule has 0 amide bonds. The van der Waals surface area contributed by atoms with Crippen molar-refractivity contribution < 1.29 is 4.74 Å². The van der Waals surface area contributed by atoms with Gasteiger partial charge in [-0.05, 0) is 20.3 Å². The summed E-state index contributed by atoms with van der Waals surface area (Å²) in [5, 5.41) is 2.92. The zero-order valence-electron chi connectivity index (χ0n) is 8.40. The van der Waals surface area contributed by atoms with Gasteiger partial charge >= 0.3 is 0 Å². The fraction of sp³-hybridized carbons (Fsp3) is 0.778. The maximum Gasteiger partial charge on any atom is 0.0515 e. The Labute approximate surface area is 70.6 Å². The summed E-state index contributed by atoms with van der Waals surface area (Å²) in [6.07, 6.45) is 1.41. The summed E-state index contributed by atoms with van der Waals surface area (Å²) in [6, 6.07) is 0. The van der Waals surface area contributed by atoms with Crippen LogP contribution in [-0.2, 0) is 4.74 Å². The second-order valence-electron chi connectivity index (χ2n) is 2.49. The number of ether oxygens (including phenoxy) is 1. The minimum atomic E-state index is 0.384. The van der Waals surface area contributed by atoms with Crippen molar-refractivity contribution >= 4 is 0 Å². The van der Waals surface area contributed by atoms with Crippen molar-refractivity contribution in [1.29, 1.82) is 0 Å². The highest BCUT2D eigenvalue weighted by Gasteiger charge is 1.78. The standard InChI is InChI=1S/C5H11N.C4H10O/c1-4-5(2)6-3;1-4(2)5-3/h6H,2,4H2,1,3H3;4H,1-3H3. The molecule has 0 saturated carbocycles. The molecule has 0 aliphatic rings. The molecule has 0 aliphatic heterocycles. The van der Waals surface area contributed by atoms with Gasteiger partial charge in [0.15, 0.2) is 0 Å². The van der Waals surface area contributed by atoms with E-state index < -0.39 is 0 Å². The second kappa shape index (κ2) is 9.50. The van der Waals surface area contributed by atoms with E-state index in [1.807, 2.05) is 20.9 Å². The Kier molecular flexibility index (Phi) is 11.3. The van der Waals surface area contributed by atoms with Crippen molar-refractivity contribution in [1.82, 2.24) is 5.32 Å². The van der Waals surface area contributed by atoms with Gasteiger partial charge in [0.1, 0.15) is 0 Å². The average molecular weight is 159 g/mol. The molecule has 2 nitrogen and oxygen atoms in total. The van der Waals surface area contributed by atoms with Crippen molar-refractivity contribution in [2.45, 2.75) is 33.3 Å². The van der Waals surface area contributed by atoms with Crippen molar-refractivity contribution in [2.75, 3.05) is 14.2 Å². The number of rotatable bonds is 3. The van der Waals surface area contributed by atoms with Crippen molar-refractivity contribution in [2.24, 2.45) is 0 Å². The molecule has 0 unspecified atom stereocenters. The predicted octanol–water partition coefficient (Wildman–Crippen LogP) is 2.17. The topological polar surface area (TPSA) is 21.3 Å². The first-order chi connectivity index (χ1) is 5.08. The largest absolute Gasteiger partial charge is 0.392 e. The Bertz CT molecular complexity index is 83.6. The molecule has 11 heavy (non-hydrogen) atoms. The smallest absolute Gasteiger partial charge is 0.0515 e. The summed E-state index contributed by atoms with van der Waals surface area (Å²) in [4.78, 5) is 0. The van der Waals surface area contributed by atoms with Gasteiger partial charge in [-0.15, -0.1) is 0 Å². The Balaban J connectivity index is 0. The number of hydrogen-bond donors (Lipinski definition) is 1. The highest BCUT2D eigenvalue weighted by molar-refractivity contribution is 4.86. The highest BCUT2D eigenvalue weighted by atomic mass is 16.5. The molecule has 0 spiro atoms. The van der Waals surface area contributed by atoms with Crippen LogP contribution in [0.1, 0.15) is 27.2 Å². The van der Waals surface area contributed by atoms with Gasteiger partial charge in [-0.2, -0.15) is 0 Å². The minimum absolute atomic E-state index is 0.384. The lowest BCUT2D eigenvalue weighted by atomic mass is 10.4. The van der Waals surface area contributed by atoms with Gasteiger partial charge in [-0.3, -0.25) is 0 Å². The molecule has 0 aromatic carbocycles. The molecule has 0 aromatic rings. The molecule has 0 aromatic heterocycles. The summed E-state index contributed by atoms with van der Waals surface area (Å²) >= 11 is 0. The van der Waals surface area contributed by atoms with E-state index in [1.165, 1.54) is 0 Å². The van der Waals surface area contributed by atoms with Gasteiger partial charge in [0, 0.05) is 19.9 Å². The fourth-order valence-electron chi connectivity index (χ4n) is 0.177. The van der Waals surface area contributed by atoms with Gasteiger partial charge in [-0.25, -0.2) is 0 Å². The van der Waals surface area contributed by atoms with Crippen LogP contribution in [0.4, 0.5) is 0 Å². The number of hydrogen-bond acceptors (Lipinski definition) is 2. The van der Waals surface area contributed by atoms with Gasteiger partial charge in [0.05, 0.1) is 6.10 Å². The molecule has 1 N–H and O–H groups in total. The van der Waals surface area contributed by atoms with Crippen LogP contribution in [0.2, 0.25) is 0 Å². The Morgan fingerprint density at radius 1 is 1.55 bits per heavy atom.